The lowest BCUT2D eigenvalue weighted by Crippen LogP contribution is -2.43. The van der Waals surface area contributed by atoms with Crippen LogP contribution < -0.4 is 0 Å². The molecule has 0 radical (unpaired) electrons. The topological polar surface area (TPSA) is 38.8 Å². The normalized spacial score (nSPS) is 19.9. The number of amides is 1. The van der Waals surface area contributed by atoms with E-state index < -0.39 is 10.6 Å². The van der Waals surface area contributed by atoms with E-state index in [1.807, 2.05) is 65.6 Å². The molecule has 0 N–H and O–H groups in total. The van der Waals surface area contributed by atoms with Gasteiger partial charge in [0.1, 0.15) is 4.83 Å². The first-order valence-corrected chi connectivity index (χ1v) is 8.69. The second kappa shape index (κ2) is 7.05. The van der Waals surface area contributed by atoms with Gasteiger partial charge in [0, 0.05) is 14.2 Å². The van der Waals surface area contributed by atoms with Crippen molar-refractivity contribution in [2.45, 2.75) is 16.7 Å². The summed E-state index contributed by atoms with van der Waals surface area (Å²) in [5.74, 6) is -1.03. The molecule has 0 aromatic heterocycles. The average Bonchev–Trinajstić information content (AvgIpc) is 2.89. The van der Waals surface area contributed by atoms with E-state index in [9.17, 15) is 4.79 Å². The molecule has 1 heterocycles. The average molecular weight is 390 g/mol. The minimum Gasteiger partial charge on any atom is -0.350 e. The second-order valence-electron chi connectivity index (χ2n) is 5.77. The highest BCUT2D eigenvalue weighted by Crippen LogP contribution is 2.40. The molecular weight excluding hydrogens is 370 g/mol. The number of benzene rings is 2. The number of halogens is 1. The first-order chi connectivity index (χ1) is 11.6. The molecule has 2 aromatic rings. The van der Waals surface area contributed by atoms with E-state index in [1.54, 1.807) is 14.2 Å². The van der Waals surface area contributed by atoms with Crippen molar-refractivity contribution in [1.29, 1.82) is 0 Å². The Kier molecular flexibility index (Phi) is 5.04. The smallest absolute Gasteiger partial charge is 0.242 e. The van der Waals surface area contributed by atoms with Gasteiger partial charge in [-0.2, -0.15) is 0 Å². The number of hydrogen-bond donors (Lipinski definition) is 0. The van der Waals surface area contributed by atoms with E-state index in [0.29, 0.717) is 6.54 Å². The van der Waals surface area contributed by atoms with Crippen LogP contribution in [0.4, 0.5) is 0 Å². The summed E-state index contributed by atoms with van der Waals surface area (Å²) in [4.78, 5) is 14.2. The van der Waals surface area contributed by atoms with Gasteiger partial charge in [0.2, 0.25) is 11.7 Å². The first-order valence-electron chi connectivity index (χ1n) is 7.77. The zero-order valence-electron chi connectivity index (χ0n) is 13.7. The monoisotopic (exact) mass is 389 g/mol. The molecule has 1 aliphatic rings. The van der Waals surface area contributed by atoms with Gasteiger partial charge >= 0.3 is 0 Å². The van der Waals surface area contributed by atoms with Crippen molar-refractivity contribution in [3.8, 4) is 0 Å². The van der Waals surface area contributed by atoms with Gasteiger partial charge in [0.15, 0.2) is 0 Å². The summed E-state index contributed by atoms with van der Waals surface area (Å²) >= 11 is 3.46. The molecule has 1 aliphatic heterocycles. The molecular formula is C19H20BrNO3. The maximum Gasteiger partial charge on any atom is 0.242 e. The predicted octanol–water partition coefficient (Wildman–Crippen LogP) is 3.37. The summed E-state index contributed by atoms with van der Waals surface area (Å²) in [6, 6.07) is 19.8. The third-order valence-electron chi connectivity index (χ3n) is 4.51. The summed E-state index contributed by atoms with van der Waals surface area (Å²) < 4.78 is 11.1. The number of methoxy groups -OCH3 is 2. The molecule has 1 amide bonds. The van der Waals surface area contributed by atoms with Crippen molar-refractivity contribution >= 4 is 21.8 Å². The van der Waals surface area contributed by atoms with Gasteiger partial charge < -0.3 is 14.4 Å². The SMILES string of the molecule is COC1(OC)CN(C(c2ccccc2)c2ccccc2)C(=O)C1Br. The number of likely N-dealkylation sites (tertiary alicyclic amines) is 1. The van der Waals surface area contributed by atoms with Crippen LogP contribution in [0.25, 0.3) is 0 Å². The quantitative estimate of drug-likeness (QED) is 0.581. The minimum atomic E-state index is -0.987. The molecule has 24 heavy (non-hydrogen) atoms. The molecule has 0 saturated carbocycles. The van der Waals surface area contributed by atoms with Crippen LogP contribution in [0.1, 0.15) is 17.2 Å². The van der Waals surface area contributed by atoms with Crippen LogP contribution in [0, 0.1) is 0 Å². The standard InChI is InChI=1S/C19H20BrNO3/c1-23-19(24-2)13-21(18(22)17(19)20)16(14-9-5-3-6-10-14)15-11-7-4-8-12-15/h3-12,16-17H,13H2,1-2H3. The number of nitrogens with zero attached hydrogens (tertiary/aromatic N) is 1. The van der Waals surface area contributed by atoms with Crippen LogP contribution in [-0.2, 0) is 14.3 Å². The van der Waals surface area contributed by atoms with Gasteiger partial charge in [-0.25, -0.2) is 0 Å². The van der Waals surface area contributed by atoms with Gasteiger partial charge in [-0.1, -0.05) is 76.6 Å². The molecule has 5 heteroatoms. The molecule has 1 saturated heterocycles. The van der Waals surface area contributed by atoms with Gasteiger partial charge in [0.05, 0.1) is 12.6 Å². The number of alkyl halides is 1. The lowest BCUT2D eigenvalue weighted by atomic mass is 9.97. The van der Waals surface area contributed by atoms with E-state index in [-0.39, 0.29) is 11.9 Å². The number of rotatable bonds is 5. The van der Waals surface area contributed by atoms with Gasteiger partial charge in [0.25, 0.3) is 0 Å². The van der Waals surface area contributed by atoms with Crippen molar-refractivity contribution in [1.82, 2.24) is 4.90 Å². The first kappa shape index (κ1) is 17.1. The van der Waals surface area contributed by atoms with Crippen molar-refractivity contribution in [2.24, 2.45) is 0 Å². The third-order valence-corrected chi connectivity index (χ3v) is 5.60. The van der Waals surface area contributed by atoms with Crippen LogP contribution in [0.3, 0.4) is 0 Å². The molecule has 1 fully saturated rings. The van der Waals surface area contributed by atoms with Crippen LogP contribution in [-0.4, -0.2) is 42.2 Å². The molecule has 0 bridgehead atoms. The zero-order chi connectivity index (χ0) is 17.2. The Morgan fingerprint density at radius 1 is 1.00 bits per heavy atom. The van der Waals surface area contributed by atoms with E-state index >= 15 is 0 Å². The van der Waals surface area contributed by atoms with Crippen molar-refractivity contribution in [3.63, 3.8) is 0 Å². The molecule has 0 spiro atoms. The largest absolute Gasteiger partial charge is 0.350 e. The van der Waals surface area contributed by atoms with Gasteiger partial charge in [-0.3, -0.25) is 4.79 Å². The number of carbonyl (C=O) groups is 1. The van der Waals surface area contributed by atoms with Crippen molar-refractivity contribution < 1.29 is 14.3 Å². The van der Waals surface area contributed by atoms with E-state index in [1.165, 1.54) is 0 Å². The maximum atomic E-state index is 12.9. The Hall–Kier alpha value is -1.69. The summed E-state index contributed by atoms with van der Waals surface area (Å²) in [5.41, 5.74) is 2.11. The summed E-state index contributed by atoms with van der Waals surface area (Å²) in [6.07, 6.45) is 0. The fourth-order valence-corrected chi connectivity index (χ4v) is 3.97. The summed E-state index contributed by atoms with van der Waals surface area (Å²) in [7, 11) is 3.13. The van der Waals surface area contributed by atoms with E-state index in [2.05, 4.69) is 15.9 Å². The van der Waals surface area contributed by atoms with E-state index in [0.717, 1.165) is 11.1 Å². The number of ether oxygens (including phenoxy) is 2. The minimum absolute atomic E-state index is 0.0450. The third kappa shape index (κ3) is 2.88. The second-order valence-corrected chi connectivity index (χ2v) is 6.69. The molecule has 3 rings (SSSR count). The van der Waals surface area contributed by atoms with Gasteiger partial charge in [-0.05, 0) is 11.1 Å². The van der Waals surface area contributed by atoms with Crippen LogP contribution in [0.15, 0.2) is 60.7 Å². The zero-order valence-corrected chi connectivity index (χ0v) is 15.3. The van der Waals surface area contributed by atoms with E-state index in [4.69, 9.17) is 9.47 Å². The summed E-state index contributed by atoms with van der Waals surface area (Å²) in [6.45, 7) is 0.350. The Balaban J connectivity index is 2.06. The highest BCUT2D eigenvalue weighted by molar-refractivity contribution is 9.10. The lowest BCUT2D eigenvalue weighted by molar-refractivity contribution is -0.192. The summed E-state index contributed by atoms with van der Waals surface area (Å²) in [5, 5.41) is 0. The van der Waals surface area contributed by atoms with Crippen molar-refractivity contribution in [3.05, 3.63) is 71.8 Å². The fraction of sp³-hybridized carbons (Fsp3) is 0.316. The Bertz CT molecular complexity index is 649. The van der Waals surface area contributed by atoms with Crippen LogP contribution >= 0.6 is 15.9 Å². The molecule has 0 aliphatic carbocycles. The Labute approximate surface area is 150 Å². The highest BCUT2D eigenvalue weighted by atomic mass is 79.9. The molecule has 1 unspecified atom stereocenters. The van der Waals surface area contributed by atoms with Crippen LogP contribution in [0.5, 0.6) is 0 Å². The van der Waals surface area contributed by atoms with Gasteiger partial charge in [-0.15, -0.1) is 0 Å². The molecule has 4 nitrogen and oxygen atoms in total. The Morgan fingerprint density at radius 3 is 1.83 bits per heavy atom. The number of carbonyl (C=O) groups excluding carboxylic acids is 1. The fourth-order valence-electron chi connectivity index (χ4n) is 3.19. The number of hydrogen-bond acceptors (Lipinski definition) is 3. The Morgan fingerprint density at radius 2 is 1.46 bits per heavy atom. The molecule has 126 valence electrons. The molecule has 1 atom stereocenters. The van der Waals surface area contributed by atoms with Crippen LogP contribution in [0.2, 0.25) is 0 Å². The van der Waals surface area contributed by atoms with Crippen molar-refractivity contribution in [2.75, 3.05) is 20.8 Å². The highest BCUT2D eigenvalue weighted by Gasteiger charge is 2.54. The predicted molar refractivity (Wildman–Crippen MR) is 95.9 cm³/mol. The lowest BCUT2D eigenvalue weighted by Gasteiger charge is -2.31. The molecule has 2 aromatic carbocycles. The maximum absolute atomic E-state index is 12.9.